The maximum Gasteiger partial charge on any atom is 0.331 e. The lowest BCUT2D eigenvalue weighted by molar-refractivity contribution is -0.156. The molecule has 1 saturated carbocycles. The average molecular weight is 450 g/mol. The van der Waals surface area contributed by atoms with Gasteiger partial charge in [0.25, 0.3) is 0 Å². The van der Waals surface area contributed by atoms with Crippen LogP contribution in [0.1, 0.15) is 42.4 Å². The summed E-state index contributed by atoms with van der Waals surface area (Å²) < 4.78 is 32.2. The van der Waals surface area contributed by atoms with Gasteiger partial charge in [0.05, 0.1) is 13.5 Å². The molecule has 1 aliphatic carbocycles. The van der Waals surface area contributed by atoms with Crippen molar-refractivity contribution in [3.63, 3.8) is 0 Å². The molecule has 2 aromatic carbocycles. The third-order valence-electron chi connectivity index (χ3n) is 6.12. The molecule has 1 fully saturated rings. The van der Waals surface area contributed by atoms with Gasteiger partial charge >= 0.3 is 5.97 Å². The number of esters is 1. The molecule has 1 amide bonds. The summed E-state index contributed by atoms with van der Waals surface area (Å²) in [5.74, 6) is -3.91. The van der Waals surface area contributed by atoms with Gasteiger partial charge in [-0.05, 0) is 66.6 Å². The number of hydrogen-bond donors (Lipinski definition) is 1. The van der Waals surface area contributed by atoms with Crippen LogP contribution in [0, 0.1) is 13.8 Å². The van der Waals surface area contributed by atoms with Crippen molar-refractivity contribution in [3.8, 4) is 11.1 Å². The van der Waals surface area contributed by atoms with Gasteiger partial charge < -0.3 is 10.1 Å². The van der Waals surface area contributed by atoms with E-state index in [-0.39, 0.29) is 19.3 Å². The van der Waals surface area contributed by atoms with Crippen molar-refractivity contribution in [2.45, 2.75) is 57.4 Å². The first-order valence-corrected chi connectivity index (χ1v) is 10.6. The molecule has 7 heteroatoms. The number of alkyl halides is 2. The van der Waals surface area contributed by atoms with Crippen LogP contribution in [0.25, 0.3) is 11.1 Å². The second-order valence-electron chi connectivity index (χ2n) is 8.20. The topological polar surface area (TPSA) is 55.4 Å². The molecule has 31 heavy (non-hydrogen) atoms. The van der Waals surface area contributed by atoms with E-state index in [0.29, 0.717) is 5.02 Å². The fraction of sp³-hybridized carbons (Fsp3) is 0.417. The normalized spacial score (nSPS) is 17.1. The Kier molecular flexibility index (Phi) is 6.70. The number of aryl methyl sites for hydroxylation is 1. The van der Waals surface area contributed by atoms with E-state index < -0.39 is 36.2 Å². The molecule has 0 radical (unpaired) electrons. The summed E-state index contributed by atoms with van der Waals surface area (Å²) in [6, 6.07) is 11.4. The summed E-state index contributed by atoms with van der Waals surface area (Å²) in [5, 5.41) is 3.36. The number of amides is 1. The standard InChI is InChI=1S/C24H26ClF2NO3/c1-15-4-9-19(17-5-7-18(25)8-6-17)16(2)20(15)14-21(29)28-23(22(30)31-3)10-12-24(26,27)13-11-23/h4-9H,10-14H2,1-3H3,(H,28,29). The van der Waals surface area contributed by atoms with E-state index in [1.54, 1.807) is 0 Å². The Morgan fingerprint density at radius 1 is 1.03 bits per heavy atom. The lowest BCUT2D eigenvalue weighted by Crippen LogP contribution is -2.58. The molecule has 1 N–H and O–H groups in total. The number of carbonyl (C=O) groups is 2. The molecular formula is C24H26ClF2NO3. The van der Waals surface area contributed by atoms with Gasteiger partial charge in [0.15, 0.2) is 0 Å². The first kappa shape index (κ1) is 23.2. The van der Waals surface area contributed by atoms with Crippen LogP contribution in [0.3, 0.4) is 0 Å². The highest BCUT2D eigenvalue weighted by molar-refractivity contribution is 6.30. The van der Waals surface area contributed by atoms with Gasteiger partial charge in [-0.25, -0.2) is 13.6 Å². The van der Waals surface area contributed by atoms with E-state index in [1.807, 2.05) is 50.2 Å². The van der Waals surface area contributed by atoms with E-state index >= 15 is 0 Å². The largest absolute Gasteiger partial charge is 0.467 e. The minimum Gasteiger partial charge on any atom is -0.467 e. The maximum absolute atomic E-state index is 13.7. The molecule has 0 bridgehead atoms. The molecule has 0 aliphatic heterocycles. The van der Waals surface area contributed by atoms with Gasteiger partial charge in [-0.1, -0.05) is 35.9 Å². The van der Waals surface area contributed by atoms with Crippen LogP contribution in [0.15, 0.2) is 36.4 Å². The SMILES string of the molecule is COC(=O)C1(NC(=O)Cc2c(C)ccc(-c3ccc(Cl)cc3)c2C)CCC(F)(F)CC1. The summed E-state index contributed by atoms with van der Waals surface area (Å²) >= 11 is 5.99. The Morgan fingerprint density at radius 2 is 1.65 bits per heavy atom. The van der Waals surface area contributed by atoms with Crippen molar-refractivity contribution >= 4 is 23.5 Å². The van der Waals surface area contributed by atoms with Crippen LogP contribution >= 0.6 is 11.6 Å². The van der Waals surface area contributed by atoms with Crippen LogP contribution in [-0.2, 0) is 20.7 Å². The zero-order valence-corrected chi connectivity index (χ0v) is 18.6. The number of ether oxygens (including phenoxy) is 1. The minimum atomic E-state index is -2.83. The average Bonchev–Trinajstić information content (AvgIpc) is 2.73. The predicted octanol–water partition coefficient (Wildman–Crippen LogP) is 5.40. The molecule has 0 saturated heterocycles. The Bertz CT molecular complexity index is 979. The summed E-state index contributed by atoms with van der Waals surface area (Å²) in [6.45, 7) is 3.86. The number of carbonyl (C=O) groups excluding carboxylic acids is 2. The van der Waals surface area contributed by atoms with Gasteiger partial charge in [-0.15, -0.1) is 0 Å². The Morgan fingerprint density at radius 3 is 2.23 bits per heavy atom. The molecule has 166 valence electrons. The van der Waals surface area contributed by atoms with E-state index in [1.165, 1.54) is 7.11 Å². The molecule has 0 aromatic heterocycles. The summed E-state index contributed by atoms with van der Waals surface area (Å²) in [6.07, 6.45) is -1.20. The monoisotopic (exact) mass is 449 g/mol. The lowest BCUT2D eigenvalue weighted by atomic mass is 9.79. The highest BCUT2D eigenvalue weighted by Gasteiger charge is 2.49. The number of methoxy groups -OCH3 is 1. The highest BCUT2D eigenvalue weighted by atomic mass is 35.5. The van der Waals surface area contributed by atoms with Crippen molar-refractivity contribution in [1.82, 2.24) is 5.32 Å². The fourth-order valence-corrected chi connectivity index (χ4v) is 4.32. The Hall–Kier alpha value is -2.47. The molecule has 1 aliphatic rings. The van der Waals surface area contributed by atoms with E-state index in [9.17, 15) is 18.4 Å². The first-order chi connectivity index (χ1) is 14.6. The number of halogens is 3. The molecule has 0 spiro atoms. The second kappa shape index (κ2) is 8.95. The smallest absolute Gasteiger partial charge is 0.331 e. The van der Waals surface area contributed by atoms with Crippen LogP contribution in [0.5, 0.6) is 0 Å². The van der Waals surface area contributed by atoms with Gasteiger partial charge in [0, 0.05) is 17.9 Å². The Labute approximate surface area is 185 Å². The molecule has 0 heterocycles. The molecular weight excluding hydrogens is 424 g/mol. The molecule has 3 rings (SSSR count). The fourth-order valence-electron chi connectivity index (χ4n) is 4.20. The summed E-state index contributed by atoms with van der Waals surface area (Å²) in [7, 11) is 1.20. The van der Waals surface area contributed by atoms with E-state index in [0.717, 1.165) is 27.8 Å². The second-order valence-corrected chi connectivity index (χ2v) is 8.63. The summed E-state index contributed by atoms with van der Waals surface area (Å²) in [5.41, 5.74) is 3.26. The van der Waals surface area contributed by atoms with Crippen molar-refractivity contribution in [1.29, 1.82) is 0 Å². The maximum atomic E-state index is 13.7. The van der Waals surface area contributed by atoms with Crippen molar-refractivity contribution < 1.29 is 23.1 Å². The lowest BCUT2D eigenvalue weighted by Gasteiger charge is -2.38. The Balaban J connectivity index is 1.84. The molecule has 2 aromatic rings. The molecule has 0 unspecified atom stereocenters. The third kappa shape index (κ3) is 5.06. The predicted molar refractivity (Wildman–Crippen MR) is 116 cm³/mol. The van der Waals surface area contributed by atoms with Crippen molar-refractivity contribution in [2.24, 2.45) is 0 Å². The molecule has 0 atom stereocenters. The van der Waals surface area contributed by atoms with Gasteiger partial charge in [-0.2, -0.15) is 0 Å². The van der Waals surface area contributed by atoms with Crippen molar-refractivity contribution in [2.75, 3.05) is 7.11 Å². The first-order valence-electron chi connectivity index (χ1n) is 10.2. The molecule has 4 nitrogen and oxygen atoms in total. The zero-order chi connectivity index (χ0) is 22.8. The number of nitrogens with one attached hydrogen (secondary N) is 1. The van der Waals surface area contributed by atoms with Gasteiger partial charge in [0.1, 0.15) is 5.54 Å². The number of rotatable bonds is 5. The van der Waals surface area contributed by atoms with E-state index in [4.69, 9.17) is 16.3 Å². The highest BCUT2D eigenvalue weighted by Crippen LogP contribution is 2.39. The van der Waals surface area contributed by atoms with Gasteiger partial charge in [0.2, 0.25) is 11.8 Å². The van der Waals surface area contributed by atoms with Gasteiger partial charge in [-0.3, -0.25) is 4.79 Å². The third-order valence-corrected chi connectivity index (χ3v) is 6.37. The minimum absolute atomic E-state index is 0.0359. The number of hydrogen-bond acceptors (Lipinski definition) is 3. The quantitative estimate of drug-likeness (QED) is 0.621. The van der Waals surface area contributed by atoms with Crippen LogP contribution in [0.4, 0.5) is 8.78 Å². The van der Waals surface area contributed by atoms with Crippen LogP contribution in [0.2, 0.25) is 5.02 Å². The summed E-state index contributed by atoms with van der Waals surface area (Å²) in [4.78, 5) is 25.3. The van der Waals surface area contributed by atoms with Crippen molar-refractivity contribution in [3.05, 3.63) is 58.1 Å². The van der Waals surface area contributed by atoms with E-state index in [2.05, 4.69) is 5.32 Å². The zero-order valence-electron chi connectivity index (χ0n) is 17.9. The van der Waals surface area contributed by atoms with Crippen LogP contribution < -0.4 is 5.32 Å². The number of benzene rings is 2. The van der Waals surface area contributed by atoms with Crippen LogP contribution in [-0.4, -0.2) is 30.4 Å².